The van der Waals surface area contributed by atoms with Crippen molar-refractivity contribution in [2.24, 2.45) is 5.10 Å². The molecule has 0 aliphatic carbocycles. The molecule has 0 atom stereocenters. The van der Waals surface area contributed by atoms with Gasteiger partial charge in [0, 0.05) is 17.7 Å². The molecule has 0 amide bonds. The van der Waals surface area contributed by atoms with Crippen LogP contribution in [0.4, 0.5) is 11.4 Å². The third-order valence-electron chi connectivity index (χ3n) is 2.47. The van der Waals surface area contributed by atoms with E-state index in [2.05, 4.69) is 10.5 Å². The van der Waals surface area contributed by atoms with Crippen molar-refractivity contribution in [1.29, 1.82) is 0 Å². The van der Waals surface area contributed by atoms with Gasteiger partial charge in [0.1, 0.15) is 5.75 Å². The first-order valence-corrected chi connectivity index (χ1v) is 5.97. The normalized spacial score (nSPS) is 11.2. The molecule has 7 heteroatoms. The first-order valence-electron chi connectivity index (χ1n) is 5.59. The van der Waals surface area contributed by atoms with Crippen molar-refractivity contribution in [3.8, 4) is 5.75 Å². The van der Waals surface area contributed by atoms with Crippen LogP contribution in [0.15, 0.2) is 53.6 Å². The Kier molecular flexibility index (Phi) is 4.17. The lowest BCUT2D eigenvalue weighted by molar-refractivity contribution is -0.384. The molecule has 0 bridgehead atoms. The summed E-state index contributed by atoms with van der Waals surface area (Å²) in [6, 6.07) is 12.0. The van der Waals surface area contributed by atoms with Gasteiger partial charge >= 0.3 is 0 Å². The molecule has 20 heavy (non-hydrogen) atoms. The fourth-order valence-corrected chi connectivity index (χ4v) is 1.60. The average molecular weight is 292 g/mol. The van der Waals surface area contributed by atoms with Gasteiger partial charge in [0.15, 0.2) is 5.17 Å². The minimum atomic E-state index is -0.483. The number of nitrogens with one attached hydrogen (secondary N) is 1. The molecule has 0 aliphatic rings. The zero-order chi connectivity index (χ0) is 14.5. The lowest BCUT2D eigenvalue weighted by atomic mass is 10.2. The fraction of sp³-hybridized carbons (Fsp3) is 0. The second-order valence-corrected chi connectivity index (χ2v) is 4.22. The Hall–Kier alpha value is -2.60. The maximum Gasteiger partial charge on any atom is 0.269 e. The number of non-ortho nitro benzene ring substituents is 1. The van der Waals surface area contributed by atoms with Gasteiger partial charge in [0.2, 0.25) is 0 Å². The summed E-state index contributed by atoms with van der Waals surface area (Å²) >= 11 is 5.99. The van der Waals surface area contributed by atoms with Crippen LogP contribution in [0, 0.1) is 10.1 Å². The highest BCUT2D eigenvalue weighted by Crippen LogP contribution is 2.16. The molecule has 102 valence electrons. The number of nitro benzene ring substituents is 1. The maximum atomic E-state index is 10.5. The molecule has 0 heterocycles. The summed E-state index contributed by atoms with van der Waals surface area (Å²) in [5, 5.41) is 23.8. The number of phenols is 1. The van der Waals surface area contributed by atoms with Gasteiger partial charge in [0.05, 0.1) is 10.6 Å². The van der Waals surface area contributed by atoms with Crippen LogP contribution in [-0.4, -0.2) is 15.2 Å². The Bertz CT molecular complexity index is 639. The lowest BCUT2D eigenvalue weighted by Gasteiger charge is -2.02. The van der Waals surface area contributed by atoms with E-state index in [9.17, 15) is 10.1 Å². The Labute approximate surface area is 119 Å². The molecule has 0 saturated heterocycles. The van der Waals surface area contributed by atoms with Gasteiger partial charge in [-0.3, -0.25) is 15.5 Å². The predicted octanol–water partition coefficient (Wildman–Crippen LogP) is 3.31. The topological polar surface area (TPSA) is 87.8 Å². The number of benzene rings is 2. The van der Waals surface area contributed by atoms with Gasteiger partial charge in [-0.25, -0.2) is 0 Å². The van der Waals surface area contributed by atoms with E-state index in [1.54, 1.807) is 12.1 Å². The molecule has 0 unspecified atom stereocenters. The van der Waals surface area contributed by atoms with E-state index >= 15 is 0 Å². The van der Waals surface area contributed by atoms with E-state index in [0.717, 1.165) is 0 Å². The molecule has 2 aromatic rings. The predicted molar refractivity (Wildman–Crippen MR) is 77.2 cm³/mol. The Balaban J connectivity index is 2.09. The van der Waals surface area contributed by atoms with E-state index in [4.69, 9.17) is 16.7 Å². The van der Waals surface area contributed by atoms with E-state index in [1.807, 2.05) is 0 Å². The SMILES string of the molecule is O=[N+]([O-])c1ccc(/C(Cl)=N/Nc2ccc(O)cc2)cc1. The molecule has 0 radical (unpaired) electrons. The quantitative estimate of drug-likeness (QED) is 0.391. The second-order valence-electron chi connectivity index (χ2n) is 3.87. The summed E-state index contributed by atoms with van der Waals surface area (Å²) < 4.78 is 0. The summed E-state index contributed by atoms with van der Waals surface area (Å²) in [4.78, 5) is 10.0. The largest absolute Gasteiger partial charge is 0.508 e. The van der Waals surface area contributed by atoms with Crippen molar-refractivity contribution in [2.75, 3.05) is 5.43 Å². The molecule has 2 rings (SSSR count). The van der Waals surface area contributed by atoms with Crippen molar-refractivity contribution >= 4 is 28.1 Å². The van der Waals surface area contributed by atoms with Gasteiger partial charge < -0.3 is 5.11 Å². The summed E-state index contributed by atoms with van der Waals surface area (Å²) in [6.45, 7) is 0. The van der Waals surface area contributed by atoms with Crippen molar-refractivity contribution in [3.05, 3.63) is 64.2 Å². The van der Waals surface area contributed by atoms with Crippen molar-refractivity contribution in [3.63, 3.8) is 0 Å². The molecule has 0 fully saturated rings. The first-order chi connectivity index (χ1) is 9.56. The molecule has 2 aromatic carbocycles. The monoisotopic (exact) mass is 291 g/mol. The van der Waals surface area contributed by atoms with Crippen LogP contribution >= 0.6 is 11.6 Å². The number of rotatable bonds is 4. The molecule has 6 nitrogen and oxygen atoms in total. The lowest BCUT2D eigenvalue weighted by Crippen LogP contribution is -1.97. The van der Waals surface area contributed by atoms with Gasteiger partial charge in [-0.1, -0.05) is 11.6 Å². The van der Waals surface area contributed by atoms with Gasteiger partial charge in [-0.05, 0) is 36.4 Å². The molecule has 0 spiro atoms. The Morgan fingerprint density at radius 1 is 1.15 bits per heavy atom. The van der Waals surface area contributed by atoms with Crippen LogP contribution in [0.3, 0.4) is 0 Å². The first kappa shape index (κ1) is 13.8. The fourth-order valence-electron chi connectivity index (χ4n) is 1.43. The Morgan fingerprint density at radius 2 is 1.75 bits per heavy atom. The summed E-state index contributed by atoms with van der Waals surface area (Å²) in [5.74, 6) is 0.154. The second kappa shape index (κ2) is 6.03. The number of nitro groups is 1. The highest BCUT2D eigenvalue weighted by atomic mass is 35.5. The number of halogens is 1. The zero-order valence-electron chi connectivity index (χ0n) is 10.2. The number of nitrogens with zero attached hydrogens (tertiary/aromatic N) is 2. The summed E-state index contributed by atoms with van der Waals surface area (Å²) in [7, 11) is 0. The molecular weight excluding hydrogens is 282 g/mol. The van der Waals surface area contributed by atoms with Gasteiger partial charge in [-0.2, -0.15) is 5.10 Å². The van der Waals surface area contributed by atoms with Gasteiger partial charge in [0.25, 0.3) is 5.69 Å². The maximum absolute atomic E-state index is 10.5. The Morgan fingerprint density at radius 3 is 2.30 bits per heavy atom. The molecule has 0 saturated carbocycles. The van der Waals surface area contributed by atoms with Crippen molar-refractivity contribution in [1.82, 2.24) is 0 Å². The van der Waals surface area contributed by atoms with E-state index < -0.39 is 4.92 Å². The van der Waals surface area contributed by atoms with Crippen LogP contribution in [0.1, 0.15) is 5.56 Å². The zero-order valence-corrected chi connectivity index (χ0v) is 10.9. The highest BCUT2D eigenvalue weighted by molar-refractivity contribution is 6.69. The number of hydrogen-bond donors (Lipinski definition) is 2. The minimum Gasteiger partial charge on any atom is -0.508 e. The van der Waals surface area contributed by atoms with Crippen molar-refractivity contribution < 1.29 is 10.0 Å². The molecule has 0 aliphatic heterocycles. The third-order valence-corrected chi connectivity index (χ3v) is 2.77. The summed E-state index contributed by atoms with van der Waals surface area (Å²) in [6.07, 6.45) is 0. The molecular formula is C13H10ClN3O3. The van der Waals surface area contributed by atoms with E-state index in [0.29, 0.717) is 11.3 Å². The number of anilines is 1. The van der Waals surface area contributed by atoms with Gasteiger partial charge in [-0.15, -0.1) is 0 Å². The number of phenolic OH excluding ortho intramolecular Hbond substituents is 1. The standard InChI is InChI=1S/C13H10ClN3O3/c14-13(9-1-5-11(6-2-9)17(19)20)16-15-10-3-7-12(18)8-4-10/h1-8,15,18H/b16-13-. The van der Waals surface area contributed by atoms with Crippen LogP contribution in [0.25, 0.3) is 0 Å². The van der Waals surface area contributed by atoms with Crippen LogP contribution in [0.5, 0.6) is 5.75 Å². The molecule has 0 aromatic heterocycles. The smallest absolute Gasteiger partial charge is 0.269 e. The summed E-state index contributed by atoms with van der Waals surface area (Å²) in [5.41, 5.74) is 3.92. The number of hydrogen-bond acceptors (Lipinski definition) is 5. The minimum absolute atomic E-state index is 0.00953. The number of aromatic hydroxyl groups is 1. The molecule has 2 N–H and O–H groups in total. The van der Waals surface area contributed by atoms with E-state index in [1.165, 1.54) is 36.4 Å². The van der Waals surface area contributed by atoms with Crippen molar-refractivity contribution in [2.45, 2.75) is 0 Å². The van der Waals surface area contributed by atoms with Crippen LogP contribution < -0.4 is 5.43 Å². The van der Waals surface area contributed by atoms with E-state index in [-0.39, 0.29) is 16.6 Å². The van der Waals surface area contributed by atoms with Crippen LogP contribution in [0.2, 0.25) is 0 Å². The third kappa shape index (κ3) is 3.46. The average Bonchev–Trinajstić information content (AvgIpc) is 2.46. The number of hydrazone groups is 1. The van der Waals surface area contributed by atoms with Crippen LogP contribution in [-0.2, 0) is 0 Å². The highest BCUT2D eigenvalue weighted by Gasteiger charge is 2.06.